The van der Waals surface area contributed by atoms with E-state index >= 15 is 0 Å². The number of benzene rings is 1. The molecule has 0 aliphatic carbocycles. The zero-order valence-corrected chi connectivity index (χ0v) is 18.6. The van der Waals surface area contributed by atoms with Gasteiger partial charge < -0.3 is 24.3 Å². The Morgan fingerprint density at radius 2 is 2.12 bits per heavy atom. The summed E-state index contributed by atoms with van der Waals surface area (Å²) in [5.74, 6) is 0.125. The van der Waals surface area contributed by atoms with E-state index in [0.717, 1.165) is 0 Å². The minimum Gasteiger partial charge on any atom is -0.462 e. The number of para-hydroxylation sites is 1. The lowest BCUT2D eigenvalue weighted by molar-refractivity contribution is -0.145. The van der Waals surface area contributed by atoms with Crippen molar-refractivity contribution in [2.24, 2.45) is 0 Å². The van der Waals surface area contributed by atoms with E-state index < -0.39 is 38.7 Å². The summed E-state index contributed by atoms with van der Waals surface area (Å²) < 4.78 is 38.0. The van der Waals surface area contributed by atoms with E-state index in [9.17, 15) is 14.0 Å². The fourth-order valence-corrected chi connectivity index (χ4v) is 3.97. The molecule has 4 unspecified atom stereocenters. The van der Waals surface area contributed by atoms with Crippen molar-refractivity contribution in [2.75, 3.05) is 18.9 Å². The number of nitrogens with one attached hydrogen (secondary N) is 1. The van der Waals surface area contributed by atoms with Crippen LogP contribution in [0.2, 0.25) is 0 Å². The third-order valence-corrected chi connectivity index (χ3v) is 5.51. The average molecular weight is 468 g/mol. The molecular weight excluding hydrogens is 442 g/mol. The lowest BCUT2D eigenvalue weighted by Gasteiger charge is -2.21. The Hall–Kier alpha value is -2.59. The van der Waals surface area contributed by atoms with Gasteiger partial charge in [-0.1, -0.05) is 18.2 Å². The summed E-state index contributed by atoms with van der Waals surface area (Å²) in [7, 11) is -1.80. The molecule has 174 valence electrons. The maximum Gasteiger partial charge on any atom is 0.351 e. The fraction of sp³-hybridized carbons (Fsp3) is 0.450. The van der Waals surface area contributed by atoms with Crippen LogP contribution in [0.4, 0.5) is 10.2 Å². The smallest absolute Gasteiger partial charge is 0.351 e. The number of aromatic nitrogens is 2. The van der Waals surface area contributed by atoms with Crippen molar-refractivity contribution in [1.82, 2.24) is 14.6 Å². The topological polar surface area (TPSA) is 127 Å². The molecule has 0 bridgehead atoms. The van der Waals surface area contributed by atoms with E-state index in [4.69, 9.17) is 24.3 Å². The second-order valence-electron chi connectivity index (χ2n) is 7.25. The number of nitrogens with zero attached hydrogens (tertiary/aromatic N) is 2. The molecule has 10 nitrogen and oxygen atoms in total. The van der Waals surface area contributed by atoms with Crippen LogP contribution in [0.15, 0.2) is 47.4 Å². The van der Waals surface area contributed by atoms with Gasteiger partial charge in [0.1, 0.15) is 36.6 Å². The lowest BCUT2D eigenvalue weighted by Crippen LogP contribution is -2.29. The Kier molecular flexibility index (Phi) is 8.52. The number of carbonyl (C=O) groups excluding carboxylic acids is 1. The highest BCUT2D eigenvalue weighted by atomic mass is 31.2. The number of nitrogen functional groups attached to an aromatic ring is 1. The molecule has 0 saturated carbocycles. The third kappa shape index (κ3) is 6.96. The molecule has 1 saturated heterocycles. The van der Waals surface area contributed by atoms with Gasteiger partial charge in [-0.25, -0.2) is 14.3 Å². The van der Waals surface area contributed by atoms with Crippen molar-refractivity contribution in [3.63, 3.8) is 0 Å². The number of hydrogen-bond donors (Lipinski definition) is 2. The molecule has 0 radical (unpaired) electrons. The Labute approximate surface area is 185 Å². The molecule has 1 aliphatic rings. The van der Waals surface area contributed by atoms with Gasteiger partial charge in [0.15, 0.2) is 0 Å². The third-order valence-electron chi connectivity index (χ3n) is 4.33. The summed E-state index contributed by atoms with van der Waals surface area (Å²) in [6, 6.07) is 10.3. The highest BCUT2D eigenvalue weighted by molar-refractivity contribution is 7.45. The maximum absolute atomic E-state index is 14.6. The molecule has 0 amide bonds. The van der Waals surface area contributed by atoms with Gasteiger partial charge in [-0.15, -0.1) is 0 Å². The van der Waals surface area contributed by atoms with E-state index in [1.165, 1.54) is 16.8 Å². The second-order valence-corrected chi connectivity index (χ2v) is 8.53. The molecule has 3 N–H and O–H groups in total. The number of hydrogen-bond acceptors (Lipinski definition) is 9. The van der Waals surface area contributed by atoms with Crippen LogP contribution in [-0.2, 0) is 18.8 Å². The molecule has 1 aliphatic heterocycles. The van der Waals surface area contributed by atoms with Crippen LogP contribution >= 0.6 is 8.53 Å². The van der Waals surface area contributed by atoms with Crippen molar-refractivity contribution in [2.45, 2.75) is 44.9 Å². The van der Waals surface area contributed by atoms with Crippen LogP contribution in [0.1, 0.15) is 26.5 Å². The largest absolute Gasteiger partial charge is 0.462 e. The van der Waals surface area contributed by atoms with Gasteiger partial charge in [-0.2, -0.15) is 4.98 Å². The van der Waals surface area contributed by atoms with Crippen molar-refractivity contribution >= 4 is 20.3 Å². The zero-order valence-electron chi connectivity index (χ0n) is 17.7. The Morgan fingerprint density at radius 3 is 2.81 bits per heavy atom. The number of nitrogens with two attached hydrogens (primary N) is 1. The van der Waals surface area contributed by atoms with Crippen molar-refractivity contribution in [3.8, 4) is 5.75 Å². The van der Waals surface area contributed by atoms with Gasteiger partial charge in [0.2, 0.25) is 0 Å². The number of rotatable bonds is 10. The summed E-state index contributed by atoms with van der Waals surface area (Å²) in [5.41, 5.74) is 4.87. The molecule has 0 spiro atoms. The molecule has 1 aromatic heterocycles. The number of ether oxygens (including phenoxy) is 2. The Balaban J connectivity index is 1.60. The van der Waals surface area contributed by atoms with Gasteiger partial charge in [-0.05, 0) is 32.0 Å². The Bertz CT molecular complexity index is 947. The second kappa shape index (κ2) is 11.3. The monoisotopic (exact) mass is 468 g/mol. The average Bonchev–Trinajstić information content (AvgIpc) is 3.10. The highest BCUT2D eigenvalue weighted by Gasteiger charge is 2.38. The van der Waals surface area contributed by atoms with Gasteiger partial charge in [0.25, 0.3) is 0 Å². The van der Waals surface area contributed by atoms with E-state index in [-0.39, 0.29) is 31.5 Å². The van der Waals surface area contributed by atoms with Gasteiger partial charge in [0.05, 0.1) is 12.7 Å². The summed E-state index contributed by atoms with van der Waals surface area (Å²) in [6.07, 6.45) is -2.01. The highest BCUT2D eigenvalue weighted by Crippen LogP contribution is 2.38. The van der Waals surface area contributed by atoms with Crippen LogP contribution in [0.25, 0.3) is 0 Å². The van der Waals surface area contributed by atoms with Crippen LogP contribution in [0.3, 0.4) is 0 Å². The molecular formula is C20H26FN4O6P. The predicted molar refractivity (Wildman–Crippen MR) is 116 cm³/mol. The first kappa shape index (κ1) is 24.1. The SMILES string of the molecule is CC(C)OC(=O)CNP(OCC1OC(n2ccc(N)nc2=O)CC1F)Oc1ccccc1. The lowest BCUT2D eigenvalue weighted by atomic mass is 10.2. The molecule has 4 atom stereocenters. The number of alkyl halides is 1. The molecule has 12 heteroatoms. The summed E-state index contributed by atoms with van der Waals surface area (Å²) >= 11 is 0. The minimum atomic E-state index is -1.80. The standard InChI is InChI=1S/C20H26FN4O6P/c1-13(2)29-19(26)11-23-32(31-14-6-4-3-5-7-14)28-12-16-15(21)10-18(30-16)25-9-8-17(22)24-20(25)27/h3-9,13,15-16,18,23H,10-12H2,1-2H3,(H2,22,24,27). The van der Waals surface area contributed by atoms with E-state index in [1.807, 2.05) is 6.07 Å². The van der Waals surface area contributed by atoms with Crippen molar-refractivity contribution in [3.05, 3.63) is 53.1 Å². The van der Waals surface area contributed by atoms with Crippen molar-refractivity contribution in [1.29, 1.82) is 0 Å². The number of halogens is 1. The predicted octanol–water partition coefficient (Wildman–Crippen LogP) is 2.31. The first-order valence-corrected chi connectivity index (χ1v) is 11.2. The normalized spacial score (nSPS) is 21.4. The first-order valence-electron chi connectivity index (χ1n) is 10.0. The van der Waals surface area contributed by atoms with Crippen LogP contribution in [-0.4, -0.2) is 47.1 Å². The quantitative estimate of drug-likeness (QED) is 0.399. The number of esters is 1. The zero-order chi connectivity index (χ0) is 23.1. The first-order chi connectivity index (χ1) is 15.3. The van der Waals surface area contributed by atoms with Crippen molar-refractivity contribution < 1.29 is 27.7 Å². The van der Waals surface area contributed by atoms with E-state index in [2.05, 4.69) is 10.1 Å². The van der Waals surface area contributed by atoms with E-state index in [0.29, 0.717) is 5.75 Å². The molecule has 3 rings (SSSR count). The summed E-state index contributed by atoms with van der Waals surface area (Å²) in [4.78, 5) is 27.5. The van der Waals surface area contributed by atoms with Crippen LogP contribution in [0.5, 0.6) is 5.75 Å². The molecule has 32 heavy (non-hydrogen) atoms. The summed E-state index contributed by atoms with van der Waals surface area (Å²) in [5, 5.41) is 2.86. The van der Waals surface area contributed by atoms with Gasteiger partial charge >= 0.3 is 20.2 Å². The molecule has 2 aromatic rings. The number of carbonyl (C=O) groups is 1. The minimum absolute atomic E-state index is 0.0366. The molecule has 1 fully saturated rings. The van der Waals surface area contributed by atoms with Crippen LogP contribution in [0, 0.1) is 0 Å². The van der Waals surface area contributed by atoms with Gasteiger partial charge in [-0.3, -0.25) is 9.36 Å². The molecule has 1 aromatic carbocycles. The maximum atomic E-state index is 14.6. The molecule has 2 heterocycles. The number of anilines is 1. The van der Waals surface area contributed by atoms with E-state index in [1.54, 1.807) is 38.1 Å². The Morgan fingerprint density at radius 1 is 1.38 bits per heavy atom. The summed E-state index contributed by atoms with van der Waals surface area (Å²) in [6.45, 7) is 3.19. The van der Waals surface area contributed by atoms with Gasteiger partial charge in [0, 0.05) is 12.6 Å². The fourth-order valence-electron chi connectivity index (χ4n) is 2.91. The van der Waals surface area contributed by atoms with Crippen LogP contribution < -0.4 is 21.0 Å².